The standard InChI is InChI=1S/C16H17N3O/c17-9-19-6-2-4-10-11-3-1-5-13-16(11)12(7-15(10)19)14(8-20)18-13/h1,3,5,10,15,18,20H,2,4,6-8H2/t10?,15-/m1/s1. The van der Waals surface area contributed by atoms with Crippen LogP contribution in [-0.2, 0) is 13.0 Å². The van der Waals surface area contributed by atoms with Crippen LogP contribution in [0.3, 0.4) is 0 Å². The smallest absolute Gasteiger partial charge is 0.179 e. The number of nitriles is 1. The maximum absolute atomic E-state index is 9.57. The SMILES string of the molecule is N#CN1CCCC2c3cccc4[nH]c(CO)c(c34)C[C@H]21. The van der Waals surface area contributed by atoms with Gasteiger partial charge in [0.05, 0.1) is 6.61 Å². The summed E-state index contributed by atoms with van der Waals surface area (Å²) in [6, 6.07) is 6.60. The van der Waals surface area contributed by atoms with Gasteiger partial charge in [-0.3, -0.25) is 0 Å². The second-order valence-electron chi connectivity index (χ2n) is 5.82. The van der Waals surface area contributed by atoms with E-state index in [9.17, 15) is 10.4 Å². The highest BCUT2D eigenvalue weighted by molar-refractivity contribution is 5.89. The van der Waals surface area contributed by atoms with Crippen molar-refractivity contribution >= 4 is 10.9 Å². The van der Waals surface area contributed by atoms with Gasteiger partial charge in [0.1, 0.15) is 0 Å². The van der Waals surface area contributed by atoms with Crippen molar-refractivity contribution in [3.05, 3.63) is 35.0 Å². The molecule has 2 aliphatic rings. The molecule has 2 atom stereocenters. The van der Waals surface area contributed by atoms with Crippen molar-refractivity contribution in [3.63, 3.8) is 0 Å². The molecule has 2 aromatic rings. The topological polar surface area (TPSA) is 63.0 Å². The molecule has 1 fully saturated rings. The summed E-state index contributed by atoms with van der Waals surface area (Å²) in [4.78, 5) is 5.27. The quantitative estimate of drug-likeness (QED) is 0.779. The van der Waals surface area contributed by atoms with Gasteiger partial charge < -0.3 is 15.0 Å². The summed E-state index contributed by atoms with van der Waals surface area (Å²) in [5.41, 5.74) is 4.59. The van der Waals surface area contributed by atoms with E-state index in [1.807, 2.05) is 4.90 Å². The van der Waals surface area contributed by atoms with E-state index < -0.39 is 0 Å². The lowest BCUT2D eigenvalue weighted by Gasteiger charge is -2.41. The zero-order valence-corrected chi connectivity index (χ0v) is 11.3. The molecular weight excluding hydrogens is 250 g/mol. The first-order valence-corrected chi connectivity index (χ1v) is 7.23. The third kappa shape index (κ3) is 1.44. The summed E-state index contributed by atoms with van der Waals surface area (Å²) >= 11 is 0. The lowest BCUT2D eigenvalue weighted by atomic mass is 9.75. The van der Waals surface area contributed by atoms with Crippen molar-refractivity contribution < 1.29 is 5.11 Å². The fourth-order valence-electron chi connectivity index (χ4n) is 4.07. The Morgan fingerprint density at radius 3 is 3.15 bits per heavy atom. The van der Waals surface area contributed by atoms with Crippen molar-refractivity contribution in [3.8, 4) is 6.19 Å². The molecule has 4 heteroatoms. The Balaban J connectivity index is 1.95. The van der Waals surface area contributed by atoms with Crippen LogP contribution >= 0.6 is 0 Å². The number of benzene rings is 1. The number of nitrogens with zero attached hydrogens (tertiary/aromatic N) is 2. The number of nitrogens with one attached hydrogen (secondary N) is 1. The number of piperidine rings is 1. The molecule has 1 aromatic heterocycles. The average molecular weight is 267 g/mol. The van der Waals surface area contributed by atoms with Gasteiger partial charge in [-0.25, -0.2) is 0 Å². The number of likely N-dealkylation sites (tertiary alicyclic amines) is 1. The van der Waals surface area contributed by atoms with Crippen LogP contribution < -0.4 is 0 Å². The summed E-state index contributed by atoms with van der Waals surface area (Å²) < 4.78 is 0. The van der Waals surface area contributed by atoms with Crippen LogP contribution in [0.4, 0.5) is 0 Å². The average Bonchev–Trinajstić information content (AvgIpc) is 2.86. The maximum atomic E-state index is 9.57. The minimum atomic E-state index is 0.0351. The second kappa shape index (κ2) is 4.26. The predicted molar refractivity (Wildman–Crippen MR) is 76.0 cm³/mol. The van der Waals surface area contributed by atoms with Crippen LogP contribution in [0.5, 0.6) is 0 Å². The molecule has 0 amide bonds. The number of aliphatic hydroxyl groups is 1. The minimum Gasteiger partial charge on any atom is -0.390 e. The zero-order chi connectivity index (χ0) is 13.7. The molecule has 0 radical (unpaired) electrons. The second-order valence-corrected chi connectivity index (χ2v) is 5.82. The number of hydrogen-bond donors (Lipinski definition) is 2. The monoisotopic (exact) mass is 267 g/mol. The van der Waals surface area contributed by atoms with E-state index in [1.54, 1.807) is 0 Å². The van der Waals surface area contributed by atoms with Gasteiger partial charge >= 0.3 is 0 Å². The third-order valence-corrected chi connectivity index (χ3v) is 4.93. The molecule has 2 heterocycles. The normalized spacial score (nSPS) is 24.5. The Bertz CT molecular complexity index is 712. The third-order valence-electron chi connectivity index (χ3n) is 4.93. The first-order valence-electron chi connectivity index (χ1n) is 7.23. The number of aromatic amines is 1. The van der Waals surface area contributed by atoms with E-state index in [4.69, 9.17) is 0 Å². The Kier molecular flexibility index (Phi) is 2.51. The first kappa shape index (κ1) is 11.8. The molecule has 1 saturated heterocycles. The van der Waals surface area contributed by atoms with Crippen LogP contribution in [0, 0.1) is 11.5 Å². The van der Waals surface area contributed by atoms with Gasteiger partial charge in [0.2, 0.25) is 0 Å². The van der Waals surface area contributed by atoms with Crippen LogP contribution in [0.25, 0.3) is 10.9 Å². The molecule has 1 aliphatic heterocycles. The summed E-state index contributed by atoms with van der Waals surface area (Å²) in [6.45, 7) is 0.898. The summed E-state index contributed by atoms with van der Waals surface area (Å²) in [6.07, 6.45) is 5.46. The Morgan fingerprint density at radius 2 is 2.35 bits per heavy atom. The minimum absolute atomic E-state index is 0.0351. The van der Waals surface area contributed by atoms with Crippen molar-refractivity contribution in [2.75, 3.05) is 6.54 Å². The highest BCUT2D eigenvalue weighted by Gasteiger charge is 2.38. The molecular formula is C16H17N3O. The Hall–Kier alpha value is -1.99. The lowest BCUT2D eigenvalue weighted by Crippen LogP contribution is -2.44. The number of hydrogen-bond acceptors (Lipinski definition) is 3. The van der Waals surface area contributed by atoms with Crippen LogP contribution in [0.1, 0.15) is 35.6 Å². The molecule has 0 bridgehead atoms. The van der Waals surface area contributed by atoms with Crippen molar-refractivity contribution in [2.24, 2.45) is 0 Å². The van der Waals surface area contributed by atoms with E-state index in [-0.39, 0.29) is 12.6 Å². The van der Waals surface area contributed by atoms with Gasteiger partial charge in [0.15, 0.2) is 6.19 Å². The number of H-pyrrole nitrogens is 1. The van der Waals surface area contributed by atoms with Crippen LogP contribution in [-0.4, -0.2) is 27.6 Å². The lowest BCUT2D eigenvalue weighted by molar-refractivity contribution is 0.190. The molecule has 20 heavy (non-hydrogen) atoms. The summed E-state index contributed by atoms with van der Waals surface area (Å²) in [5, 5.41) is 20.2. The number of fused-ring (bicyclic) bond motifs is 2. The summed E-state index contributed by atoms with van der Waals surface area (Å²) in [5.74, 6) is 0.446. The van der Waals surface area contributed by atoms with Crippen LogP contribution in [0.15, 0.2) is 18.2 Å². The fraction of sp³-hybridized carbons (Fsp3) is 0.438. The van der Waals surface area contributed by atoms with Gasteiger partial charge in [0, 0.05) is 35.1 Å². The number of aliphatic hydroxyl groups excluding tert-OH is 1. The molecule has 4 rings (SSSR count). The predicted octanol–water partition coefficient (Wildman–Crippen LogP) is 2.25. The Labute approximate surface area is 117 Å². The first-order chi connectivity index (χ1) is 9.83. The van der Waals surface area contributed by atoms with Crippen molar-refractivity contribution in [1.29, 1.82) is 5.26 Å². The van der Waals surface area contributed by atoms with E-state index in [0.717, 1.165) is 37.0 Å². The molecule has 0 spiro atoms. The maximum Gasteiger partial charge on any atom is 0.179 e. The fourth-order valence-corrected chi connectivity index (χ4v) is 4.07. The zero-order valence-electron chi connectivity index (χ0n) is 11.3. The van der Waals surface area contributed by atoms with E-state index in [1.165, 1.54) is 16.5 Å². The molecule has 2 N–H and O–H groups in total. The summed E-state index contributed by atoms with van der Waals surface area (Å²) in [7, 11) is 0. The van der Waals surface area contributed by atoms with Gasteiger partial charge in [-0.1, -0.05) is 12.1 Å². The highest BCUT2D eigenvalue weighted by atomic mass is 16.3. The van der Waals surface area contributed by atoms with Crippen molar-refractivity contribution in [2.45, 2.75) is 37.8 Å². The molecule has 0 saturated carbocycles. The molecule has 102 valence electrons. The van der Waals surface area contributed by atoms with Crippen LogP contribution in [0.2, 0.25) is 0 Å². The molecule has 1 aliphatic carbocycles. The largest absolute Gasteiger partial charge is 0.390 e. The molecule has 4 nitrogen and oxygen atoms in total. The number of aromatic nitrogens is 1. The van der Waals surface area contributed by atoms with Crippen molar-refractivity contribution in [1.82, 2.24) is 9.88 Å². The van der Waals surface area contributed by atoms with E-state index >= 15 is 0 Å². The Morgan fingerprint density at radius 1 is 1.45 bits per heavy atom. The molecule has 1 aromatic carbocycles. The molecule has 1 unspecified atom stereocenters. The van der Waals surface area contributed by atoms with E-state index in [0.29, 0.717) is 5.92 Å². The van der Waals surface area contributed by atoms with Gasteiger partial charge in [-0.15, -0.1) is 0 Å². The van der Waals surface area contributed by atoms with E-state index in [2.05, 4.69) is 29.4 Å². The number of rotatable bonds is 1. The van der Waals surface area contributed by atoms with Gasteiger partial charge in [-0.05, 0) is 36.5 Å². The van der Waals surface area contributed by atoms with Gasteiger partial charge in [0.25, 0.3) is 0 Å². The van der Waals surface area contributed by atoms with Gasteiger partial charge in [-0.2, -0.15) is 5.26 Å². The highest BCUT2D eigenvalue weighted by Crippen LogP contribution is 2.44.